The second kappa shape index (κ2) is 6.34. The molecule has 104 valence electrons. The summed E-state index contributed by atoms with van der Waals surface area (Å²) in [6.45, 7) is 4.26. The van der Waals surface area contributed by atoms with Gasteiger partial charge < -0.3 is 10.6 Å². The average molecular weight is 288 g/mol. The molecule has 1 aromatic heterocycles. The van der Waals surface area contributed by atoms with Crippen LogP contribution in [0.2, 0.25) is 0 Å². The van der Waals surface area contributed by atoms with E-state index in [4.69, 9.17) is 0 Å². The molecule has 0 bridgehead atoms. The Labute approximate surface area is 121 Å². The molecule has 1 aromatic carbocycles. The Morgan fingerprint density at radius 3 is 2.40 bits per heavy atom. The van der Waals surface area contributed by atoms with E-state index in [1.54, 1.807) is 0 Å². The van der Waals surface area contributed by atoms with E-state index in [-0.39, 0.29) is 0 Å². The first kappa shape index (κ1) is 14.3. The molecule has 0 atom stereocenters. The number of thiophene rings is 1. The zero-order valence-corrected chi connectivity index (χ0v) is 12.2. The number of rotatable bonds is 3. The third kappa shape index (κ3) is 3.93. The van der Waals surface area contributed by atoms with E-state index >= 15 is 0 Å². The van der Waals surface area contributed by atoms with E-state index in [1.807, 2.05) is 49.6 Å². The number of hydrogen-bond acceptors (Lipinski definition) is 3. The Kier molecular flexibility index (Phi) is 4.53. The lowest BCUT2D eigenvalue weighted by molar-refractivity contribution is -0.136. The van der Waals surface area contributed by atoms with Gasteiger partial charge in [0.15, 0.2) is 0 Å². The fraction of sp³-hybridized carbons (Fsp3) is 0.200. The van der Waals surface area contributed by atoms with Gasteiger partial charge in [0.2, 0.25) is 0 Å². The van der Waals surface area contributed by atoms with Crippen molar-refractivity contribution in [3.8, 4) is 0 Å². The van der Waals surface area contributed by atoms with Crippen molar-refractivity contribution in [2.75, 3.05) is 5.32 Å². The van der Waals surface area contributed by atoms with Crippen molar-refractivity contribution in [3.05, 3.63) is 51.7 Å². The van der Waals surface area contributed by atoms with Crippen molar-refractivity contribution in [2.45, 2.75) is 20.4 Å². The van der Waals surface area contributed by atoms with Crippen LogP contribution in [0.4, 0.5) is 5.69 Å². The molecule has 2 rings (SSSR count). The molecule has 0 fully saturated rings. The maximum atomic E-state index is 11.8. The van der Waals surface area contributed by atoms with Crippen molar-refractivity contribution < 1.29 is 9.59 Å². The average Bonchev–Trinajstić information content (AvgIpc) is 2.87. The minimum Gasteiger partial charge on any atom is -0.343 e. The number of anilines is 1. The summed E-state index contributed by atoms with van der Waals surface area (Å²) < 4.78 is 0. The van der Waals surface area contributed by atoms with Gasteiger partial charge in [-0.3, -0.25) is 9.59 Å². The number of aryl methyl sites for hydroxylation is 2. The van der Waals surface area contributed by atoms with Crippen LogP contribution in [0.3, 0.4) is 0 Å². The lowest BCUT2D eigenvalue weighted by Gasteiger charge is -2.07. The predicted molar refractivity (Wildman–Crippen MR) is 80.7 cm³/mol. The number of benzene rings is 1. The highest BCUT2D eigenvalue weighted by Crippen LogP contribution is 2.13. The lowest BCUT2D eigenvalue weighted by atomic mass is 10.1. The summed E-state index contributed by atoms with van der Waals surface area (Å²) in [5.41, 5.74) is 2.72. The Balaban J connectivity index is 1.92. The van der Waals surface area contributed by atoms with Crippen molar-refractivity contribution in [3.63, 3.8) is 0 Å². The van der Waals surface area contributed by atoms with Crippen molar-refractivity contribution in [1.82, 2.24) is 5.32 Å². The topological polar surface area (TPSA) is 58.2 Å². The van der Waals surface area contributed by atoms with E-state index in [0.29, 0.717) is 12.2 Å². The van der Waals surface area contributed by atoms with Gasteiger partial charge in [0.1, 0.15) is 0 Å². The van der Waals surface area contributed by atoms with Crippen LogP contribution in [0.15, 0.2) is 35.7 Å². The van der Waals surface area contributed by atoms with E-state index in [1.165, 1.54) is 11.3 Å². The van der Waals surface area contributed by atoms with Gasteiger partial charge in [-0.05, 0) is 48.6 Å². The molecule has 0 spiro atoms. The van der Waals surface area contributed by atoms with Crippen molar-refractivity contribution >= 4 is 28.8 Å². The fourth-order valence-corrected chi connectivity index (χ4v) is 2.54. The molecule has 5 heteroatoms. The predicted octanol–water partition coefficient (Wildman–Crippen LogP) is 2.62. The van der Waals surface area contributed by atoms with E-state index in [2.05, 4.69) is 10.6 Å². The molecule has 2 amide bonds. The molecular formula is C15H16N2O2S. The highest BCUT2D eigenvalue weighted by atomic mass is 32.1. The molecule has 2 aromatic rings. The molecular weight excluding hydrogens is 272 g/mol. The Morgan fingerprint density at radius 1 is 1.10 bits per heavy atom. The minimum atomic E-state index is -0.647. The summed E-state index contributed by atoms with van der Waals surface area (Å²) in [4.78, 5) is 24.5. The Morgan fingerprint density at radius 2 is 1.80 bits per heavy atom. The van der Waals surface area contributed by atoms with Crippen LogP contribution >= 0.6 is 11.3 Å². The normalized spacial score (nSPS) is 10.1. The highest BCUT2D eigenvalue weighted by Gasteiger charge is 2.13. The van der Waals surface area contributed by atoms with Crippen molar-refractivity contribution in [2.24, 2.45) is 0 Å². The number of nitrogens with one attached hydrogen (secondary N) is 2. The SMILES string of the molecule is Cc1cc(C)cc(NC(=O)C(=O)NCc2cccs2)c1. The number of amides is 2. The van der Waals surface area contributed by atoms with Gasteiger partial charge >= 0.3 is 11.8 Å². The number of carbonyl (C=O) groups excluding carboxylic acids is 2. The summed E-state index contributed by atoms with van der Waals surface area (Å²) in [7, 11) is 0. The molecule has 0 aliphatic carbocycles. The zero-order chi connectivity index (χ0) is 14.5. The van der Waals surface area contributed by atoms with Crippen LogP contribution in [-0.4, -0.2) is 11.8 Å². The first-order chi connectivity index (χ1) is 9.54. The Bertz CT molecular complexity index is 601. The Hall–Kier alpha value is -2.14. The number of hydrogen-bond donors (Lipinski definition) is 2. The molecule has 4 nitrogen and oxygen atoms in total. The maximum Gasteiger partial charge on any atom is 0.313 e. The van der Waals surface area contributed by atoms with Crippen LogP contribution in [0.5, 0.6) is 0 Å². The van der Waals surface area contributed by atoms with Crippen LogP contribution in [-0.2, 0) is 16.1 Å². The first-order valence-electron chi connectivity index (χ1n) is 6.24. The van der Waals surface area contributed by atoms with Gasteiger partial charge in [0, 0.05) is 10.6 Å². The van der Waals surface area contributed by atoms with E-state index < -0.39 is 11.8 Å². The molecule has 0 saturated heterocycles. The third-order valence-corrected chi connectivity index (χ3v) is 3.57. The van der Waals surface area contributed by atoms with Gasteiger partial charge in [-0.1, -0.05) is 12.1 Å². The summed E-state index contributed by atoms with van der Waals surface area (Å²) in [6, 6.07) is 9.48. The second-order valence-electron chi connectivity index (χ2n) is 4.59. The molecule has 2 N–H and O–H groups in total. The van der Waals surface area contributed by atoms with Gasteiger partial charge in [-0.15, -0.1) is 11.3 Å². The fourth-order valence-electron chi connectivity index (χ4n) is 1.90. The summed E-state index contributed by atoms with van der Waals surface area (Å²) in [5.74, 6) is -1.27. The standard InChI is InChI=1S/C15H16N2O2S/c1-10-6-11(2)8-12(7-10)17-15(19)14(18)16-9-13-4-3-5-20-13/h3-8H,9H2,1-2H3,(H,16,18)(H,17,19). The highest BCUT2D eigenvalue weighted by molar-refractivity contribution is 7.09. The zero-order valence-electron chi connectivity index (χ0n) is 11.4. The van der Waals surface area contributed by atoms with Gasteiger partial charge in [-0.2, -0.15) is 0 Å². The van der Waals surface area contributed by atoms with Crippen LogP contribution < -0.4 is 10.6 Å². The number of carbonyl (C=O) groups is 2. The largest absolute Gasteiger partial charge is 0.343 e. The quantitative estimate of drug-likeness (QED) is 0.853. The smallest absolute Gasteiger partial charge is 0.313 e. The molecule has 0 unspecified atom stereocenters. The van der Waals surface area contributed by atoms with E-state index in [0.717, 1.165) is 16.0 Å². The summed E-state index contributed by atoms with van der Waals surface area (Å²) in [6.07, 6.45) is 0. The van der Waals surface area contributed by atoms with Gasteiger partial charge in [0.05, 0.1) is 6.54 Å². The first-order valence-corrected chi connectivity index (χ1v) is 7.12. The van der Waals surface area contributed by atoms with Crippen LogP contribution in [0, 0.1) is 13.8 Å². The van der Waals surface area contributed by atoms with Gasteiger partial charge in [-0.25, -0.2) is 0 Å². The minimum absolute atomic E-state index is 0.372. The molecule has 0 radical (unpaired) electrons. The van der Waals surface area contributed by atoms with Crippen molar-refractivity contribution in [1.29, 1.82) is 0 Å². The second-order valence-corrected chi connectivity index (χ2v) is 5.62. The van der Waals surface area contributed by atoms with E-state index in [9.17, 15) is 9.59 Å². The maximum absolute atomic E-state index is 11.8. The summed E-state index contributed by atoms with van der Waals surface area (Å²) in [5, 5.41) is 7.13. The molecule has 0 saturated carbocycles. The summed E-state index contributed by atoms with van der Waals surface area (Å²) >= 11 is 1.54. The third-order valence-electron chi connectivity index (χ3n) is 2.69. The van der Waals surface area contributed by atoms with Gasteiger partial charge in [0.25, 0.3) is 0 Å². The monoisotopic (exact) mass is 288 g/mol. The molecule has 0 aliphatic rings. The molecule has 1 heterocycles. The van der Waals surface area contributed by atoms with Crippen LogP contribution in [0.1, 0.15) is 16.0 Å². The van der Waals surface area contributed by atoms with Crippen LogP contribution in [0.25, 0.3) is 0 Å². The molecule has 20 heavy (non-hydrogen) atoms. The lowest BCUT2D eigenvalue weighted by Crippen LogP contribution is -2.34. The molecule has 0 aliphatic heterocycles.